The predicted octanol–water partition coefficient (Wildman–Crippen LogP) is 2.81. The number of halogens is 1. The molecule has 4 nitrogen and oxygen atoms in total. The Bertz CT molecular complexity index is 538. The Hall–Kier alpha value is -1.36. The smallest absolute Gasteiger partial charge is 0.323 e. The molecule has 1 N–H and O–H groups in total. The Morgan fingerprint density at radius 1 is 1.21 bits per heavy atom. The van der Waals surface area contributed by atoms with E-state index in [1.54, 1.807) is 0 Å². The van der Waals surface area contributed by atoms with E-state index in [1.807, 2.05) is 24.3 Å². The first kappa shape index (κ1) is 12.7. The van der Waals surface area contributed by atoms with E-state index in [2.05, 4.69) is 21.2 Å². The van der Waals surface area contributed by atoms with Crippen LogP contribution in [0.2, 0.25) is 0 Å². The third kappa shape index (κ3) is 2.06. The van der Waals surface area contributed by atoms with Gasteiger partial charge >= 0.3 is 6.03 Å². The first-order valence-corrected chi connectivity index (χ1v) is 7.29. The van der Waals surface area contributed by atoms with Crippen LogP contribution in [0.3, 0.4) is 0 Å². The lowest BCUT2D eigenvalue weighted by atomic mass is 9.98. The number of imide groups is 1. The lowest BCUT2D eigenvalue weighted by Gasteiger charge is -2.20. The topological polar surface area (TPSA) is 49.4 Å². The molecule has 2 fully saturated rings. The second kappa shape index (κ2) is 4.63. The highest BCUT2D eigenvalue weighted by molar-refractivity contribution is 9.10. The number of carbonyl (C=O) groups is 2. The van der Waals surface area contributed by atoms with Gasteiger partial charge in [-0.15, -0.1) is 0 Å². The van der Waals surface area contributed by atoms with Gasteiger partial charge in [0.25, 0.3) is 5.91 Å². The second-order valence-electron chi connectivity index (χ2n) is 5.20. The van der Waals surface area contributed by atoms with Crippen LogP contribution in [-0.2, 0) is 11.3 Å². The molecule has 1 heterocycles. The highest BCUT2D eigenvalue weighted by Gasteiger charge is 2.52. The van der Waals surface area contributed by atoms with E-state index < -0.39 is 5.54 Å². The largest absolute Gasteiger partial charge is 0.325 e. The van der Waals surface area contributed by atoms with Gasteiger partial charge in [-0.3, -0.25) is 9.69 Å². The van der Waals surface area contributed by atoms with E-state index in [0.29, 0.717) is 6.54 Å². The Kier molecular flexibility index (Phi) is 3.09. The third-order valence-corrected chi connectivity index (χ3v) is 4.76. The predicted molar refractivity (Wildman–Crippen MR) is 74.4 cm³/mol. The summed E-state index contributed by atoms with van der Waals surface area (Å²) in [7, 11) is 0. The van der Waals surface area contributed by atoms with Gasteiger partial charge in [0.1, 0.15) is 5.54 Å². The monoisotopic (exact) mass is 322 g/mol. The summed E-state index contributed by atoms with van der Waals surface area (Å²) in [4.78, 5) is 25.9. The van der Waals surface area contributed by atoms with E-state index in [-0.39, 0.29) is 11.9 Å². The van der Waals surface area contributed by atoms with Gasteiger partial charge in [0.15, 0.2) is 0 Å². The molecule has 1 aliphatic carbocycles. The Labute approximate surface area is 120 Å². The maximum absolute atomic E-state index is 12.5. The average molecular weight is 323 g/mol. The van der Waals surface area contributed by atoms with Crippen LogP contribution in [0, 0.1) is 0 Å². The average Bonchev–Trinajstić information content (AvgIpc) is 2.94. The van der Waals surface area contributed by atoms with Crippen molar-refractivity contribution in [3.63, 3.8) is 0 Å². The molecule has 0 aromatic heterocycles. The van der Waals surface area contributed by atoms with Crippen LogP contribution in [0.4, 0.5) is 4.79 Å². The van der Waals surface area contributed by atoms with Crippen molar-refractivity contribution in [3.05, 3.63) is 34.3 Å². The van der Waals surface area contributed by atoms with Gasteiger partial charge in [-0.05, 0) is 24.5 Å². The summed E-state index contributed by atoms with van der Waals surface area (Å²) in [5.41, 5.74) is 0.333. The van der Waals surface area contributed by atoms with Crippen LogP contribution in [0.1, 0.15) is 31.2 Å². The molecule has 1 saturated heterocycles. The number of nitrogens with zero attached hydrogens (tertiary/aromatic N) is 1. The summed E-state index contributed by atoms with van der Waals surface area (Å²) in [6, 6.07) is 7.40. The SMILES string of the molecule is O=C1NC2(CCCC2)C(=O)N1Cc1ccccc1Br. The minimum absolute atomic E-state index is 0.0641. The summed E-state index contributed by atoms with van der Waals surface area (Å²) in [6.07, 6.45) is 3.55. The van der Waals surface area contributed by atoms with Crippen LogP contribution in [0.15, 0.2) is 28.7 Å². The molecule has 1 saturated carbocycles. The van der Waals surface area contributed by atoms with Gasteiger partial charge in [0, 0.05) is 4.47 Å². The van der Waals surface area contributed by atoms with E-state index in [0.717, 1.165) is 35.7 Å². The number of rotatable bonds is 2. The second-order valence-corrected chi connectivity index (χ2v) is 6.06. The molecule has 1 spiro atoms. The minimum atomic E-state index is -0.613. The number of carbonyl (C=O) groups excluding carboxylic acids is 2. The highest BCUT2D eigenvalue weighted by Crippen LogP contribution is 2.35. The van der Waals surface area contributed by atoms with Crippen molar-refractivity contribution in [2.24, 2.45) is 0 Å². The Balaban J connectivity index is 1.84. The molecule has 1 aliphatic heterocycles. The quantitative estimate of drug-likeness (QED) is 0.851. The fourth-order valence-corrected chi connectivity index (χ4v) is 3.34. The molecule has 2 aliphatic rings. The van der Waals surface area contributed by atoms with Gasteiger partial charge in [0.05, 0.1) is 6.54 Å². The normalized spacial score (nSPS) is 21.2. The van der Waals surface area contributed by atoms with Gasteiger partial charge in [-0.2, -0.15) is 0 Å². The van der Waals surface area contributed by atoms with Crippen LogP contribution < -0.4 is 5.32 Å². The van der Waals surface area contributed by atoms with E-state index in [1.165, 1.54) is 4.90 Å². The molecule has 5 heteroatoms. The maximum atomic E-state index is 12.5. The van der Waals surface area contributed by atoms with Crippen molar-refractivity contribution in [2.75, 3.05) is 0 Å². The summed E-state index contributed by atoms with van der Waals surface area (Å²) in [6.45, 7) is 0.327. The summed E-state index contributed by atoms with van der Waals surface area (Å²) < 4.78 is 0.919. The molecule has 3 rings (SSSR count). The van der Waals surface area contributed by atoms with Gasteiger partial charge in [-0.25, -0.2) is 4.79 Å². The van der Waals surface area contributed by atoms with Crippen LogP contribution >= 0.6 is 15.9 Å². The molecule has 100 valence electrons. The molecule has 0 atom stereocenters. The lowest BCUT2D eigenvalue weighted by Crippen LogP contribution is -2.44. The third-order valence-electron chi connectivity index (χ3n) is 3.99. The van der Waals surface area contributed by atoms with E-state index in [4.69, 9.17) is 0 Å². The maximum Gasteiger partial charge on any atom is 0.325 e. The Morgan fingerprint density at radius 3 is 2.58 bits per heavy atom. The van der Waals surface area contributed by atoms with E-state index in [9.17, 15) is 9.59 Å². The standard InChI is InChI=1S/C14H15BrN2O2/c15-11-6-2-1-5-10(11)9-17-12(18)14(16-13(17)19)7-3-4-8-14/h1-2,5-6H,3-4,7-9H2,(H,16,19). The lowest BCUT2D eigenvalue weighted by molar-refractivity contribution is -0.131. The molecule has 1 aromatic carbocycles. The molecular weight excluding hydrogens is 308 g/mol. The van der Waals surface area contributed by atoms with Crippen molar-refractivity contribution in [3.8, 4) is 0 Å². The zero-order chi connectivity index (χ0) is 13.5. The molecule has 0 unspecified atom stereocenters. The summed E-state index contributed by atoms with van der Waals surface area (Å²) in [5, 5.41) is 2.89. The number of amides is 3. The van der Waals surface area contributed by atoms with Crippen LogP contribution in [-0.4, -0.2) is 22.4 Å². The van der Waals surface area contributed by atoms with Crippen molar-refractivity contribution >= 4 is 27.9 Å². The van der Waals surface area contributed by atoms with Crippen molar-refractivity contribution in [1.82, 2.24) is 10.2 Å². The zero-order valence-electron chi connectivity index (χ0n) is 10.5. The first-order valence-electron chi connectivity index (χ1n) is 6.50. The summed E-state index contributed by atoms with van der Waals surface area (Å²) in [5.74, 6) is -0.0641. The number of urea groups is 1. The van der Waals surface area contributed by atoms with E-state index >= 15 is 0 Å². The molecular formula is C14H15BrN2O2. The fourth-order valence-electron chi connectivity index (χ4n) is 2.93. The number of nitrogens with one attached hydrogen (secondary N) is 1. The fraction of sp³-hybridized carbons (Fsp3) is 0.429. The number of hydrogen-bond acceptors (Lipinski definition) is 2. The van der Waals surface area contributed by atoms with Crippen molar-refractivity contribution in [1.29, 1.82) is 0 Å². The zero-order valence-corrected chi connectivity index (χ0v) is 12.1. The minimum Gasteiger partial charge on any atom is -0.323 e. The van der Waals surface area contributed by atoms with Crippen molar-refractivity contribution < 1.29 is 9.59 Å². The Morgan fingerprint density at radius 2 is 1.89 bits per heavy atom. The van der Waals surface area contributed by atoms with Crippen LogP contribution in [0.5, 0.6) is 0 Å². The summed E-state index contributed by atoms with van der Waals surface area (Å²) >= 11 is 3.45. The molecule has 0 bridgehead atoms. The molecule has 19 heavy (non-hydrogen) atoms. The highest BCUT2D eigenvalue weighted by atomic mass is 79.9. The van der Waals surface area contributed by atoms with Crippen molar-refractivity contribution in [2.45, 2.75) is 37.8 Å². The number of hydrogen-bond donors (Lipinski definition) is 1. The number of benzene rings is 1. The van der Waals surface area contributed by atoms with Gasteiger partial charge in [0.2, 0.25) is 0 Å². The molecule has 0 radical (unpaired) electrons. The van der Waals surface area contributed by atoms with Gasteiger partial charge < -0.3 is 5.32 Å². The first-order chi connectivity index (χ1) is 9.12. The molecule has 3 amide bonds. The molecule has 1 aromatic rings. The van der Waals surface area contributed by atoms with Gasteiger partial charge in [-0.1, -0.05) is 47.0 Å². The van der Waals surface area contributed by atoms with Crippen LogP contribution in [0.25, 0.3) is 0 Å².